The summed E-state index contributed by atoms with van der Waals surface area (Å²) in [6.07, 6.45) is 6.34. The lowest BCUT2D eigenvalue weighted by Crippen LogP contribution is -2.41. The second-order valence-electron chi connectivity index (χ2n) is 6.45. The third-order valence-electron chi connectivity index (χ3n) is 4.78. The Bertz CT molecular complexity index is 724. The molecule has 0 bridgehead atoms. The van der Waals surface area contributed by atoms with Crippen LogP contribution in [0.4, 0.5) is 0 Å². The van der Waals surface area contributed by atoms with Crippen LogP contribution in [0.3, 0.4) is 0 Å². The summed E-state index contributed by atoms with van der Waals surface area (Å²) in [5.74, 6) is -0.234. The number of hydrogen-bond acceptors (Lipinski definition) is 6. The van der Waals surface area contributed by atoms with Crippen molar-refractivity contribution in [2.45, 2.75) is 44.6 Å². The van der Waals surface area contributed by atoms with E-state index in [-0.39, 0.29) is 24.3 Å². The van der Waals surface area contributed by atoms with Gasteiger partial charge in [0.25, 0.3) is 0 Å². The number of carbonyl (C=O) groups is 2. The molecule has 1 saturated carbocycles. The van der Waals surface area contributed by atoms with E-state index in [1.54, 1.807) is 4.68 Å². The average Bonchev–Trinajstić information content (AvgIpc) is 3.36. The molecule has 0 spiro atoms. The molecule has 8 nitrogen and oxygen atoms in total. The fraction of sp³-hybridized carbons (Fsp3) is 0.500. The molecule has 26 heavy (non-hydrogen) atoms. The van der Waals surface area contributed by atoms with Gasteiger partial charge in [-0.15, -0.1) is 5.10 Å². The van der Waals surface area contributed by atoms with Gasteiger partial charge in [-0.1, -0.05) is 25.0 Å². The Kier molecular flexibility index (Phi) is 5.93. The molecule has 1 aliphatic rings. The van der Waals surface area contributed by atoms with Crippen LogP contribution in [-0.4, -0.2) is 56.7 Å². The highest BCUT2D eigenvalue weighted by molar-refractivity contribution is 5.80. The molecule has 0 saturated heterocycles. The monoisotopic (exact) mass is 357 g/mol. The Hall–Kier alpha value is -2.77. The van der Waals surface area contributed by atoms with Crippen molar-refractivity contribution < 1.29 is 14.3 Å². The molecule has 138 valence electrons. The number of hydrogen-bond donors (Lipinski definition) is 0. The second kappa shape index (κ2) is 8.55. The number of rotatable bonds is 7. The summed E-state index contributed by atoms with van der Waals surface area (Å²) in [6, 6.07) is 7.80. The predicted octanol–water partition coefficient (Wildman–Crippen LogP) is 1.54. The Balaban J connectivity index is 1.65. The van der Waals surface area contributed by atoms with E-state index < -0.39 is 0 Å². The van der Waals surface area contributed by atoms with E-state index in [9.17, 15) is 9.59 Å². The lowest BCUT2D eigenvalue weighted by Gasteiger charge is -2.29. The summed E-state index contributed by atoms with van der Waals surface area (Å²) in [5.41, 5.74) is 1.76. The van der Waals surface area contributed by atoms with E-state index in [1.807, 2.05) is 29.2 Å². The minimum absolute atomic E-state index is 0.0518. The molecule has 0 atom stereocenters. The topological polar surface area (TPSA) is 90.2 Å². The van der Waals surface area contributed by atoms with Crippen LogP contribution in [0.25, 0.3) is 5.69 Å². The Morgan fingerprint density at radius 3 is 2.58 bits per heavy atom. The molecule has 0 aliphatic heterocycles. The van der Waals surface area contributed by atoms with Gasteiger partial charge in [0.15, 0.2) is 0 Å². The number of carbonyl (C=O) groups excluding carboxylic acids is 2. The third-order valence-corrected chi connectivity index (χ3v) is 4.78. The number of amides is 1. The van der Waals surface area contributed by atoms with Gasteiger partial charge in [-0.2, -0.15) is 0 Å². The van der Waals surface area contributed by atoms with Crippen molar-refractivity contribution in [1.29, 1.82) is 0 Å². The van der Waals surface area contributed by atoms with Crippen LogP contribution in [0.5, 0.6) is 0 Å². The van der Waals surface area contributed by atoms with Gasteiger partial charge in [0.05, 0.1) is 25.6 Å². The van der Waals surface area contributed by atoms with Gasteiger partial charge in [0.1, 0.15) is 6.33 Å². The van der Waals surface area contributed by atoms with Gasteiger partial charge in [-0.3, -0.25) is 9.59 Å². The summed E-state index contributed by atoms with van der Waals surface area (Å²) in [5, 5.41) is 11.1. The van der Waals surface area contributed by atoms with Crippen molar-refractivity contribution in [3.05, 3.63) is 36.2 Å². The first-order chi connectivity index (χ1) is 12.7. The van der Waals surface area contributed by atoms with E-state index in [4.69, 9.17) is 4.74 Å². The van der Waals surface area contributed by atoms with Crippen LogP contribution in [0.2, 0.25) is 0 Å². The first-order valence-corrected chi connectivity index (χ1v) is 8.86. The summed E-state index contributed by atoms with van der Waals surface area (Å²) < 4.78 is 6.28. The van der Waals surface area contributed by atoms with Gasteiger partial charge in [0.2, 0.25) is 5.91 Å². The number of aromatic nitrogens is 4. The second-order valence-corrected chi connectivity index (χ2v) is 6.45. The molecule has 1 aliphatic carbocycles. The molecule has 2 aromatic rings. The maximum Gasteiger partial charge on any atom is 0.307 e. The van der Waals surface area contributed by atoms with Gasteiger partial charge in [-0.05, 0) is 41.0 Å². The number of ether oxygens (including phenoxy) is 1. The lowest BCUT2D eigenvalue weighted by molar-refractivity contribution is -0.142. The summed E-state index contributed by atoms with van der Waals surface area (Å²) >= 11 is 0. The third kappa shape index (κ3) is 4.44. The maximum atomic E-state index is 12.9. The quantitative estimate of drug-likeness (QED) is 0.698. The zero-order chi connectivity index (χ0) is 18.4. The number of nitrogens with zero attached hydrogens (tertiary/aromatic N) is 5. The highest BCUT2D eigenvalue weighted by atomic mass is 16.5. The largest absolute Gasteiger partial charge is 0.469 e. The standard InChI is InChI=1S/C18H23N5O3/c1-26-18(25)10-11-22(15-4-2-3-5-15)17(24)12-14-6-8-16(9-7-14)23-13-19-20-21-23/h6-9,13,15H,2-5,10-12H2,1H3. The SMILES string of the molecule is COC(=O)CCN(C(=O)Cc1ccc(-n2cnnn2)cc1)C1CCCC1. The highest BCUT2D eigenvalue weighted by Gasteiger charge is 2.27. The van der Waals surface area contributed by atoms with E-state index in [0.29, 0.717) is 13.0 Å². The number of benzene rings is 1. The van der Waals surface area contributed by atoms with Gasteiger partial charge >= 0.3 is 5.97 Å². The first-order valence-electron chi connectivity index (χ1n) is 8.86. The number of tetrazole rings is 1. The summed E-state index contributed by atoms with van der Waals surface area (Å²) in [7, 11) is 1.37. The van der Waals surface area contributed by atoms with Crippen molar-refractivity contribution in [3.8, 4) is 5.69 Å². The van der Waals surface area contributed by atoms with Crippen LogP contribution in [0.1, 0.15) is 37.7 Å². The highest BCUT2D eigenvalue weighted by Crippen LogP contribution is 2.24. The van der Waals surface area contributed by atoms with Crippen LogP contribution in [0, 0.1) is 0 Å². The molecule has 1 aromatic carbocycles. The van der Waals surface area contributed by atoms with Crippen LogP contribution < -0.4 is 0 Å². The molecule has 0 radical (unpaired) electrons. The molecule has 0 unspecified atom stereocenters. The van der Waals surface area contributed by atoms with Crippen molar-refractivity contribution in [2.75, 3.05) is 13.7 Å². The molecule has 1 amide bonds. The minimum Gasteiger partial charge on any atom is -0.469 e. The molecule has 1 heterocycles. The maximum absolute atomic E-state index is 12.9. The fourth-order valence-corrected chi connectivity index (χ4v) is 3.36. The fourth-order valence-electron chi connectivity index (χ4n) is 3.36. The minimum atomic E-state index is -0.286. The Morgan fingerprint density at radius 1 is 1.23 bits per heavy atom. The molecular formula is C18H23N5O3. The van der Waals surface area contributed by atoms with E-state index >= 15 is 0 Å². The van der Waals surface area contributed by atoms with Gasteiger partial charge in [0, 0.05) is 12.6 Å². The van der Waals surface area contributed by atoms with Crippen molar-refractivity contribution in [1.82, 2.24) is 25.1 Å². The van der Waals surface area contributed by atoms with Crippen molar-refractivity contribution in [3.63, 3.8) is 0 Å². The molecule has 3 rings (SSSR count). The molecular weight excluding hydrogens is 334 g/mol. The van der Waals surface area contributed by atoms with Gasteiger partial charge in [-0.25, -0.2) is 4.68 Å². The zero-order valence-corrected chi connectivity index (χ0v) is 14.9. The van der Waals surface area contributed by atoms with E-state index in [0.717, 1.165) is 36.9 Å². The van der Waals surface area contributed by atoms with Crippen LogP contribution >= 0.6 is 0 Å². The zero-order valence-electron chi connectivity index (χ0n) is 14.9. The van der Waals surface area contributed by atoms with Crippen LogP contribution in [0.15, 0.2) is 30.6 Å². The molecule has 0 N–H and O–H groups in total. The summed E-state index contributed by atoms with van der Waals surface area (Å²) in [6.45, 7) is 0.416. The average molecular weight is 357 g/mol. The van der Waals surface area contributed by atoms with E-state index in [2.05, 4.69) is 15.5 Å². The Morgan fingerprint density at radius 2 is 1.96 bits per heavy atom. The number of esters is 1. The summed E-state index contributed by atoms with van der Waals surface area (Å²) in [4.78, 5) is 26.2. The lowest BCUT2D eigenvalue weighted by atomic mass is 10.1. The van der Waals surface area contributed by atoms with Crippen molar-refractivity contribution in [2.24, 2.45) is 0 Å². The molecule has 8 heteroatoms. The molecule has 1 fully saturated rings. The number of methoxy groups -OCH3 is 1. The smallest absolute Gasteiger partial charge is 0.307 e. The first kappa shape index (κ1) is 18.0. The van der Waals surface area contributed by atoms with Crippen molar-refractivity contribution >= 4 is 11.9 Å². The van der Waals surface area contributed by atoms with Crippen LogP contribution in [-0.2, 0) is 20.7 Å². The Labute approximate surface area is 152 Å². The van der Waals surface area contributed by atoms with Gasteiger partial charge < -0.3 is 9.64 Å². The van der Waals surface area contributed by atoms with E-state index in [1.165, 1.54) is 13.4 Å². The molecule has 1 aromatic heterocycles. The normalized spacial score (nSPS) is 14.3. The predicted molar refractivity (Wildman–Crippen MR) is 93.5 cm³/mol.